The molecular weight excluding hydrogens is 302 g/mol. The first-order valence-electron chi connectivity index (χ1n) is 8.34. The van der Waals surface area contributed by atoms with Gasteiger partial charge in [0.15, 0.2) is 0 Å². The number of rotatable bonds is 5. The molecule has 2 unspecified atom stereocenters. The minimum atomic E-state index is -0.0821. The predicted molar refractivity (Wildman–Crippen MR) is 93.9 cm³/mol. The third kappa shape index (κ3) is 3.83. The lowest BCUT2D eigenvalue weighted by molar-refractivity contribution is 0.0835. The number of ether oxygens (including phenoxy) is 1. The minimum Gasteiger partial charge on any atom is -0.396 e. The third-order valence-electron chi connectivity index (χ3n) is 4.50. The van der Waals surface area contributed by atoms with E-state index in [9.17, 15) is 4.79 Å². The normalized spacial score (nSPS) is 20.1. The average molecular weight is 325 g/mol. The Hall–Kier alpha value is -2.17. The maximum atomic E-state index is 12.5. The lowest BCUT2D eigenvalue weighted by Crippen LogP contribution is -2.32. The van der Waals surface area contributed by atoms with Crippen LogP contribution >= 0.6 is 0 Å². The van der Waals surface area contributed by atoms with Crippen LogP contribution < -0.4 is 5.32 Å². The van der Waals surface area contributed by atoms with E-state index in [4.69, 9.17) is 9.84 Å². The molecule has 24 heavy (non-hydrogen) atoms. The highest BCUT2D eigenvalue weighted by Crippen LogP contribution is 2.23. The van der Waals surface area contributed by atoms with Gasteiger partial charge < -0.3 is 15.2 Å². The second-order valence-corrected chi connectivity index (χ2v) is 6.35. The smallest absolute Gasteiger partial charge is 0.251 e. The fraction of sp³-hybridized carbons (Fsp3) is 0.350. The molecule has 2 atom stereocenters. The van der Waals surface area contributed by atoms with E-state index in [0.29, 0.717) is 18.7 Å². The maximum Gasteiger partial charge on any atom is 0.251 e. The van der Waals surface area contributed by atoms with Crippen molar-refractivity contribution in [1.82, 2.24) is 5.32 Å². The van der Waals surface area contributed by atoms with E-state index in [2.05, 4.69) is 5.32 Å². The Bertz CT molecular complexity index is 699. The Labute approximate surface area is 142 Å². The van der Waals surface area contributed by atoms with Gasteiger partial charge in [-0.3, -0.25) is 4.79 Å². The second kappa shape index (κ2) is 7.60. The summed E-state index contributed by atoms with van der Waals surface area (Å²) in [5, 5.41) is 12.1. The number of hydrogen-bond acceptors (Lipinski definition) is 3. The summed E-state index contributed by atoms with van der Waals surface area (Å²) in [7, 11) is 0. The van der Waals surface area contributed by atoms with Crippen LogP contribution in [0.2, 0.25) is 0 Å². The molecule has 0 radical (unpaired) electrons. The lowest BCUT2D eigenvalue weighted by atomic mass is 9.99. The van der Waals surface area contributed by atoms with Gasteiger partial charge in [-0.1, -0.05) is 42.5 Å². The molecule has 1 saturated heterocycles. The van der Waals surface area contributed by atoms with Crippen LogP contribution in [0, 0.1) is 12.8 Å². The van der Waals surface area contributed by atoms with Crippen molar-refractivity contribution in [1.29, 1.82) is 0 Å². The summed E-state index contributed by atoms with van der Waals surface area (Å²) in [6, 6.07) is 16.0. The molecule has 0 aliphatic carbocycles. The van der Waals surface area contributed by atoms with Crippen LogP contribution in [0.5, 0.6) is 0 Å². The summed E-state index contributed by atoms with van der Waals surface area (Å²) in [4.78, 5) is 12.5. The topological polar surface area (TPSA) is 58.6 Å². The number of aliphatic hydroxyl groups is 1. The van der Waals surface area contributed by atoms with Gasteiger partial charge in [0.2, 0.25) is 0 Å². The quantitative estimate of drug-likeness (QED) is 0.889. The first-order valence-corrected chi connectivity index (χ1v) is 8.34. The number of carbonyl (C=O) groups is 1. The second-order valence-electron chi connectivity index (χ2n) is 6.35. The Morgan fingerprint density at radius 1 is 1.21 bits per heavy atom. The highest BCUT2D eigenvalue weighted by Gasteiger charge is 2.25. The fourth-order valence-electron chi connectivity index (χ4n) is 3.03. The highest BCUT2D eigenvalue weighted by molar-refractivity contribution is 5.96. The predicted octanol–water partition coefficient (Wildman–Crippen LogP) is 2.79. The number of aryl methyl sites for hydroxylation is 1. The number of benzene rings is 2. The Morgan fingerprint density at radius 3 is 2.71 bits per heavy atom. The molecule has 2 N–H and O–H groups in total. The Kier molecular flexibility index (Phi) is 5.28. The van der Waals surface area contributed by atoms with Gasteiger partial charge in [-0.05, 0) is 36.1 Å². The number of aliphatic hydroxyl groups excluding tert-OH is 1. The van der Waals surface area contributed by atoms with E-state index in [1.54, 1.807) is 0 Å². The summed E-state index contributed by atoms with van der Waals surface area (Å²) >= 11 is 0. The zero-order valence-electron chi connectivity index (χ0n) is 13.9. The number of nitrogens with one attached hydrogen (secondary N) is 1. The molecule has 1 aliphatic heterocycles. The SMILES string of the molecule is Cc1ccc(-c2ccccc2)cc1C(=O)NCC1CC(CO)CO1. The Balaban J connectivity index is 1.68. The van der Waals surface area contributed by atoms with E-state index in [0.717, 1.165) is 23.1 Å². The summed E-state index contributed by atoms with van der Waals surface area (Å²) < 4.78 is 5.59. The molecule has 4 heteroatoms. The molecule has 1 amide bonds. The van der Waals surface area contributed by atoms with Gasteiger partial charge in [0.25, 0.3) is 5.91 Å². The van der Waals surface area contributed by atoms with Crippen LogP contribution in [0.1, 0.15) is 22.3 Å². The largest absolute Gasteiger partial charge is 0.396 e. The van der Waals surface area contributed by atoms with Crippen molar-refractivity contribution >= 4 is 5.91 Å². The molecule has 2 aromatic carbocycles. The Morgan fingerprint density at radius 2 is 2.00 bits per heavy atom. The highest BCUT2D eigenvalue weighted by atomic mass is 16.5. The molecule has 0 spiro atoms. The molecule has 4 nitrogen and oxygen atoms in total. The summed E-state index contributed by atoms with van der Waals surface area (Å²) in [6.07, 6.45) is 0.781. The van der Waals surface area contributed by atoms with Crippen molar-refractivity contribution in [3.05, 3.63) is 59.7 Å². The van der Waals surface area contributed by atoms with Crippen molar-refractivity contribution < 1.29 is 14.6 Å². The zero-order valence-corrected chi connectivity index (χ0v) is 13.9. The van der Waals surface area contributed by atoms with Crippen LogP contribution in [0.25, 0.3) is 11.1 Å². The van der Waals surface area contributed by atoms with E-state index in [-0.39, 0.29) is 24.5 Å². The minimum absolute atomic E-state index is 0.0105. The van der Waals surface area contributed by atoms with Gasteiger partial charge in [0, 0.05) is 24.6 Å². The molecule has 0 bridgehead atoms. The van der Waals surface area contributed by atoms with Crippen LogP contribution in [0.3, 0.4) is 0 Å². The molecule has 1 aliphatic rings. The molecule has 3 rings (SSSR count). The van der Waals surface area contributed by atoms with Crippen molar-refractivity contribution in [3.8, 4) is 11.1 Å². The van der Waals surface area contributed by atoms with E-state index >= 15 is 0 Å². The molecule has 0 saturated carbocycles. The maximum absolute atomic E-state index is 12.5. The standard InChI is InChI=1S/C20H23NO3/c1-14-7-8-17(16-5-3-2-4-6-16)10-19(14)20(23)21-11-18-9-15(12-22)13-24-18/h2-8,10,15,18,22H,9,11-13H2,1H3,(H,21,23). The van der Waals surface area contributed by atoms with Crippen molar-refractivity contribution in [2.75, 3.05) is 19.8 Å². The van der Waals surface area contributed by atoms with Crippen molar-refractivity contribution in [3.63, 3.8) is 0 Å². The van der Waals surface area contributed by atoms with Crippen LogP contribution in [0.15, 0.2) is 48.5 Å². The first-order chi connectivity index (χ1) is 11.7. The lowest BCUT2D eigenvalue weighted by Gasteiger charge is -2.13. The van der Waals surface area contributed by atoms with Gasteiger partial charge in [0.05, 0.1) is 12.7 Å². The van der Waals surface area contributed by atoms with E-state index in [1.807, 2.05) is 55.5 Å². The summed E-state index contributed by atoms with van der Waals surface area (Å²) in [6.45, 7) is 3.13. The van der Waals surface area contributed by atoms with Crippen molar-refractivity contribution in [2.24, 2.45) is 5.92 Å². The molecule has 0 aromatic heterocycles. The fourth-order valence-corrected chi connectivity index (χ4v) is 3.03. The van der Waals surface area contributed by atoms with Gasteiger partial charge in [0.1, 0.15) is 0 Å². The van der Waals surface area contributed by atoms with Gasteiger partial charge >= 0.3 is 0 Å². The first kappa shape index (κ1) is 16.7. The number of hydrogen-bond donors (Lipinski definition) is 2. The summed E-state index contributed by atoms with van der Waals surface area (Å²) in [5.41, 5.74) is 3.76. The van der Waals surface area contributed by atoms with Gasteiger partial charge in [-0.2, -0.15) is 0 Å². The van der Waals surface area contributed by atoms with Gasteiger partial charge in [-0.25, -0.2) is 0 Å². The molecule has 2 aromatic rings. The van der Waals surface area contributed by atoms with Crippen molar-refractivity contribution in [2.45, 2.75) is 19.4 Å². The summed E-state index contributed by atoms with van der Waals surface area (Å²) in [5.74, 6) is 0.108. The molecular formula is C20H23NO3. The molecule has 126 valence electrons. The third-order valence-corrected chi connectivity index (χ3v) is 4.50. The van der Waals surface area contributed by atoms with Crippen LogP contribution in [0.4, 0.5) is 0 Å². The number of carbonyl (C=O) groups excluding carboxylic acids is 1. The number of amides is 1. The molecule has 1 fully saturated rings. The van der Waals surface area contributed by atoms with E-state index in [1.165, 1.54) is 0 Å². The molecule has 1 heterocycles. The van der Waals surface area contributed by atoms with Crippen LogP contribution in [-0.4, -0.2) is 36.9 Å². The zero-order chi connectivity index (χ0) is 16.9. The van der Waals surface area contributed by atoms with E-state index < -0.39 is 0 Å². The monoisotopic (exact) mass is 325 g/mol. The van der Waals surface area contributed by atoms with Crippen LogP contribution in [-0.2, 0) is 4.74 Å². The van der Waals surface area contributed by atoms with Gasteiger partial charge in [-0.15, -0.1) is 0 Å². The average Bonchev–Trinajstić information content (AvgIpc) is 3.09.